The van der Waals surface area contributed by atoms with Crippen molar-refractivity contribution in [2.45, 2.75) is 0 Å². The van der Waals surface area contributed by atoms with Crippen LogP contribution in [0.5, 0.6) is 5.75 Å². The fourth-order valence-electron chi connectivity index (χ4n) is 3.26. The summed E-state index contributed by atoms with van der Waals surface area (Å²) in [5.41, 5.74) is 3.92. The summed E-state index contributed by atoms with van der Waals surface area (Å²) in [6, 6.07) is 14.0. The SMILES string of the molecule is COc1ccc2c(c1)C1=NCCN1C(n1cnc3ccccc31)=N2. The molecule has 2 aromatic carbocycles. The number of methoxy groups -OCH3 is 1. The van der Waals surface area contributed by atoms with Crippen molar-refractivity contribution in [3.63, 3.8) is 0 Å². The Balaban J connectivity index is 1.74. The lowest BCUT2D eigenvalue weighted by molar-refractivity contribution is 0.414. The van der Waals surface area contributed by atoms with Gasteiger partial charge in [-0.05, 0) is 30.3 Å². The smallest absolute Gasteiger partial charge is 0.217 e. The largest absolute Gasteiger partial charge is 0.497 e. The van der Waals surface area contributed by atoms with Gasteiger partial charge in [-0.2, -0.15) is 0 Å². The summed E-state index contributed by atoms with van der Waals surface area (Å²) in [6.45, 7) is 1.58. The third-order valence-corrected chi connectivity index (χ3v) is 4.42. The molecule has 3 aromatic rings. The van der Waals surface area contributed by atoms with Crippen LogP contribution in [0.3, 0.4) is 0 Å². The van der Waals surface area contributed by atoms with Gasteiger partial charge < -0.3 is 4.74 Å². The first-order valence-electron chi connectivity index (χ1n) is 7.87. The lowest BCUT2D eigenvalue weighted by Crippen LogP contribution is -2.41. The minimum atomic E-state index is 0.762. The zero-order chi connectivity index (χ0) is 16.1. The van der Waals surface area contributed by atoms with Gasteiger partial charge in [-0.25, -0.2) is 9.98 Å². The summed E-state index contributed by atoms with van der Waals surface area (Å²) >= 11 is 0. The van der Waals surface area contributed by atoms with Crippen LogP contribution in [-0.2, 0) is 0 Å². The Morgan fingerprint density at radius 1 is 1.12 bits per heavy atom. The number of para-hydroxylation sites is 2. The third kappa shape index (κ3) is 1.79. The Morgan fingerprint density at radius 3 is 2.96 bits per heavy atom. The van der Waals surface area contributed by atoms with Gasteiger partial charge in [0.05, 0.1) is 30.4 Å². The van der Waals surface area contributed by atoms with Crippen LogP contribution in [0, 0.1) is 0 Å². The number of fused-ring (bicyclic) bond motifs is 4. The van der Waals surface area contributed by atoms with Gasteiger partial charge in [0.1, 0.15) is 17.9 Å². The fourth-order valence-corrected chi connectivity index (χ4v) is 3.26. The number of hydrogen-bond donors (Lipinski definition) is 0. The van der Waals surface area contributed by atoms with Gasteiger partial charge in [-0.3, -0.25) is 14.5 Å². The molecular formula is C18H15N5O. The van der Waals surface area contributed by atoms with E-state index in [4.69, 9.17) is 9.73 Å². The van der Waals surface area contributed by atoms with Crippen LogP contribution in [0.25, 0.3) is 11.0 Å². The predicted octanol–water partition coefficient (Wildman–Crippen LogP) is 2.66. The Hall–Kier alpha value is -3.15. The number of aromatic nitrogens is 2. The second-order valence-corrected chi connectivity index (χ2v) is 5.76. The maximum atomic E-state index is 5.35. The van der Waals surface area contributed by atoms with Crippen LogP contribution in [0.2, 0.25) is 0 Å². The quantitative estimate of drug-likeness (QED) is 0.693. The van der Waals surface area contributed by atoms with E-state index in [2.05, 4.69) is 20.9 Å². The van der Waals surface area contributed by atoms with E-state index in [0.29, 0.717) is 0 Å². The van der Waals surface area contributed by atoms with Gasteiger partial charge in [-0.1, -0.05) is 12.1 Å². The normalized spacial score (nSPS) is 15.8. The summed E-state index contributed by atoms with van der Waals surface area (Å²) in [5, 5.41) is 0. The van der Waals surface area contributed by atoms with E-state index in [-0.39, 0.29) is 0 Å². The molecule has 2 aliphatic rings. The van der Waals surface area contributed by atoms with E-state index in [0.717, 1.165) is 52.9 Å². The molecule has 0 N–H and O–H groups in total. The Labute approximate surface area is 138 Å². The Kier molecular flexibility index (Phi) is 2.73. The number of hydrogen-bond acceptors (Lipinski definition) is 5. The lowest BCUT2D eigenvalue weighted by Gasteiger charge is -2.28. The van der Waals surface area contributed by atoms with Gasteiger partial charge in [0.25, 0.3) is 0 Å². The summed E-state index contributed by atoms with van der Waals surface area (Å²) < 4.78 is 7.38. The molecule has 0 atom stereocenters. The molecule has 6 nitrogen and oxygen atoms in total. The standard InChI is InChI=1S/C18H15N5O/c1-24-12-6-7-14-13(10-12)17-19-8-9-22(17)18(21-14)23-11-20-15-4-2-3-5-16(15)23/h2-7,10-11H,8-9H2,1H3. The minimum Gasteiger partial charge on any atom is -0.497 e. The second-order valence-electron chi connectivity index (χ2n) is 5.76. The highest BCUT2D eigenvalue weighted by atomic mass is 16.5. The first-order chi connectivity index (χ1) is 11.8. The van der Waals surface area contributed by atoms with Crippen molar-refractivity contribution in [3.05, 3.63) is 54.4 Å². The molecule has 5 rings (SSSR count). The molecule has 3 heterocycles. The van der Waals surface area contributed by atoms with Gasteiger partial charge in [0.15, 0.2) is 0 Å². The van der Waals surface area contributed by atoms with Gasteiger partial charge in [0, 0.05) is 12.1 Å². The maximum Gasteiger partial charge on any atom is 0.217 e. The van der Waals surface area contributed by atoms with E-state index < -0.39 is 0 Å². The predicted molar refractivity (Wildman–Crippen MR) is 93.3 cm³/mol. The molecular weight excluding hydrogens is 302 g/mol. The van der Waals surface area contributed by atoms with Gasteiger partial charge in [-0.15, -0.1) is 0 Å². The molecule has 2 aliphatic heterocycles. The third-order valence-electron chi connectivity index (χ3n) is 4.42. The molecule has 24 heavy (non-hydrogen) atoms. The number of nitrogens with zero attached hydrogens (tertiary/aromatic N) is 5. The van der Waals surface area contributed by atoms with Gasteiger partial charge >= 0.3 is 0 Å². The van der Waals surface area contributed by atoms with Crippen molar-refractivity contribution in [3.8, 4) is 5.75 Å². The van der Waals surface area contributed by atoms with E-state index in [9.17, 15) is 0 Å². The highest BCUT2D eigenvalue weighted by molar-refractivity contribution is 6.17. The van der Waals surface area contributed by atoms with E-state index in [1.54, 1.807) is 7.11 Å². The number of amidine groups is 1. The van der Waals surface area contributed by atoms with Crippen molar-refractivity contribution in [1.82, 2.24) is 14.5 Å². The van der Waals surface area contributed by atoms with Crippen LogP contribution in [0.1, 0.15) is 5.56 Å². The Bertz CT molecular complexity index is 1020. The van der Waals surface area contributed by atoms with Crippen molar-refractivity contribution in [2.75, 3.05) is 20.2 Å². The first kappa shape index (κ1) is 13.3. The molecule has 0 fully saturated rings. The maximum absolute atomic E-state index is 5.35. The van der Waals surface area contributed by atoms with Crippen molar-refractivity contribution < 1.29 is 4.74 Å². The molecule has 0 saturated carbocycles. The molecule has 118 valence electrons. The highest BCUT2D eigenvalue weighted by Crippen LogP contribution is 2.32. The fraction of sp³-hybridized carbons (Fsp3) is 0.167. The topological polar surface area (TPSA) is 55.0 Å². The van der Waals surface area contributed by atoms with Crippen LogP contribution in [0.4, 0.5) is 5.69 Å². The highest BCUT2D eigenvalue weighted by Gasteiger charge is 2.31. The number of rotatable bonds is 1. The summed E-state index contributed by atoms with van der Waals surface area (Å²) in [7, 11) is 1.67. The minimum absolute atomic E-state index is 0.762. The zero-order valence-corrected chi connectivity index (χ0v) is 13.2. The monoisotopic (exact) mass is 317 g/mol. The molecule has 6 heteroatoms. The van der Waals surface area contributed by atoms with Crippen molar-refractivity contribution >= 4 is 28.5 Å². The van der Waals surface area contributed by atoms with E-state index >= 15 is 0 Å². The molecule has 0 aliphatic carbocycles. The molecule has 0 saturated heterocycles. The van der Waals surface area contributed by atoms with Crippen LogP contribution < -0.4 is 4.74 Å². The average Bonchev–Trinajstić information content (AvgIpc) is 3.28. The van der Waals surface area contributed by atoms with Gasteiger partial charge in [0.2, 0.25) is 5.96 Å². The summed E-state index contributed by atoms with van der Waals surface area (Å²) in [4.78, 5) is 16.2. The van der Waals surface area contributed by atoms with Crippen molar-refractivity contribution in [1.29, 1.82) is 0 Å². The number of benzene rings is 2. The first-order valence-corrected chi connectivity index (χ1v) is 7.87. The molecule has 0 bridgehead atoms. The molecule has 1 aromatic heterocycles. The number of aliphatic imine (C=N–C) groups is 2. The van der Waals surface area contributed by atoms with E-state index in [1.165, 1.54) is 0 Å². The van der Waals surface area contributed by atoms with Crippen molar-refractivity contribution in [2.24, 2.45) is 9.98 Å². The number of imidazole rings is 1. The lowest BCUT2D eigenvalue weighted by atomic mass is 10.1. The van der Waals surface area contributed by atoms with Crippen LogP contribution >= 0.6 is 0 Å². The Morgan fingerprint density at radius 2 is 2.04 bits per heavy atom. The zero-order valence-electron chi connectivity index (χ0n) is 13.2. The van der Waals surface area contributed by atoms with Crippen LogP contribution in [0.15, 0.2) is 58.8 Å². The molecule has 0 unspecified atom stereocenters. The molecule has 0 amide bonds. The number of ether oxygens (including phenoxy) is 1. The molecule has 0 radical (unpaired) electrons. The summed E-state index contributed by atoms with van der Waals surface area (Å²) in [5.74, 6) is 2.61. The molecule has 0 spiro atoms. The van der Waals surface area contributed by atoms with Crippen LogP contribution in [-0.4, -0.2) is 46.4 Å². The summed E-state index contributed by atoms with van der Waals surface area (Å²) in [6.07, 6.45) is 1.83. The second kappa shape index (κ2) is 4.92. The van der Waals surface area contributed by atoms with E-state index in [1.807, 2.05) is 47.3 Å². The average molecular weight is 317 g/mol.